The molecule has 0 spiro atoms. The van der Waals surface area contributed by atoms with E-state index in [-0.39, 0.29) is 5.75 Å². The average molecular weight is 331 g/mol. The van der Waals surface area contributed by atoms with Crippen LogP contribution in [0.2, 0.25) is 0 Å². The van der Waals surface area contributed by atoms with Crippen LogP contribution in [0.1, 0.15) is 6.92 Å². The second kappa shape index (κ2) is 7.18. The number of carbonyl (C=O) groups is 1. The van der Waals surface area contributed by atoms with E-state index in [1.807, 2.05) is 0 Å². The number of alkyl halides is 1. The molecule has 0 aromatic carbocycles. The Bertz CT molecular complexity index is 391. The normalized spacial score (nSPS) is 40.2. The number of aliphatic hydroxyl groups excluding tert-OH is 4. The molecule has 1 saturated heterocycles. The van der Waals surface area contributed by atoms with Gasteiger partial charge >= 0.3 is 0 Å². The van der Waals surface area contributed by atoms with Crippen molar-refractivity contribution in [2.45, 2.75) is 49.3 Å². The second-order valence-electron chi connectivity index (χ2n) is 5.01. The van der Waals surface area contributed by atoms with Crippen LogP contribution in [-0.2, 0) is 9.53 Å². The molecule has 1 rings (SSSR count). The number of aliphatic hydroxyl groups is 5. The number of nitrogens with one attached hydrogen (secondary N) is 1. The number of carbonyl (C=O) groups excluding carboxylic acids is 1. The van der Waals surface area contributed by atoms with Crippen molar-refractivity contribution in [3.8, 4) is 0 Å². The van der Waals surface area contributed by atoms with Crippen LogP contribution in [-0.4, -0.2) is 87.3 Å². The molecule has 8 nitrogen and oxygen atoms in total. The van der Waals surface area contributed by atoms with Crippen molar-refractivity contribution < 1.29 is 39.5 Å². The summed E-state index contributed by atoms with van der Waals surface area (Å²) in [7, 11) is 0. The predicted molar refractivity (Wildman–Crippen MR) is 71.3 cm³/mol. The minimum absolute atomic E-state index is 0.304. The van der Waals surface area contributed by atoms with Gasteiger partial charge in [-0.3, -0.25) is 4.79 Å². The smallest absolute Gasteiger partial charge is 0.230 e. The summed E-state index contributed by atoms with van der Waals surface area (Å²) >= 11 is 0.441. The molecule has 7 atom stereocenters. The molecule has 1 aliphatic heterocycles. The Labute approximate surface area is 127 Å². The van der Waals surface area contributed by atoms with Crippen molar-refractivity contribution in [3.63, 3.8) is 0 Å². The zero-order valence-corrected chi connectivity index (χ0v) is 12.0. The summed E-state index contributed by atoms with van der Waals surface area (Å²) in [6.45, 7) is 0.0746. The first kappa shape index (κ1) is 16.9. The Morgan fingerprint density at radius 3 is 2.76 bits per heavy atom. The number of thiol groups is 1. The number of halogens is 1. The van der Waals surface area contributed by atoms with Gasteiger partial charge in [-0.2, -0.15) is 12.5 Å². The molecule has 0 bridgehead atoms. The molecule has 1 unspecified atom stereocenters. The van der Waals surface area contributed by atoms with E-state index in [1.54, 1.807) is 0 Å². The van der Waals surface area contributed by atoms with Crippen molar-refractivity contribution in [1.29, 1.82) is 1.12 Å². The fraction of sp³-hybridized carbons (Fsp3) is 0.909. The van der Waals surface area contributed by atoms with Crippen LogP contribution in [0.25, 0.3) is 0 Å². The lowest BCUT2D eigenvalue weighted by molar-refractivity contribution is -0.321. The SMILES string of the molecule is [3H]SCC(=O)N[C@@H]1[C@@H](O)[C@@H](F)C(C)(O)O[C@H]1[C@H](O)[C@H](O)CO. The highest BCUT2D eigenvalue weighted by Crippen LogP contribution is 2.32. The summed E-state index contributed by atoms with van der Waals surface area (Å²) in [4.78, 5) is 11.5. The van der Waals surface area contributed by atoms with Gasteiger partial charge in [0.2, 0.25) is 5.91 Å². The first-order chi connectivity index (χ1) is 10.2. The third-order valence-corrected chi connectivity index (χ3v) is 3.55. The van der Waals surface area contributed by atoms with E-state index in [1.165, 1.54) is 0 Å². The van der Waals surface area contributed by atoms with Gasteiger partial charge in [-0.25, -0.2) is 4.39 Å². The molecule has 0 saturated carbocycles. The zero-order valence-electron chi connectivity index (χ0n) is 12.2. The van der Waals surface area contributed by atoms with Crippen LogP contribution < -0.4 is 5.32 Å². The molecular weight excluding hydrogens is 309 g/mol. The van der Waals surface area contributed by atoms with Crippen LogP contribution >= 0.6 is 12.5 Å². The van der Waals surface area contributed by atoms with Gasteiger partial charge in [-0.1, -0.05) is 0 Å². The maximum Gasteiger partial charge on any atom is 0.230 e. The van der Waals surface area contributed by atoms with Gasteiger partial charge in [0.25, 0.3) is 0 Å². The third-order valence-electron chi connectivity index (χ3n) is 3.28. The lowest BCUT2D eigenvalue weighted by atomic mass is 9.88. The molecule has 1 aliphatic rings. The van der Waals surface area contributed by atoms with E-state index in [0.717, 1.165) is 6.92 Å². The molecule has 0 radical (unpaired) electrons. The van der Waals surface area contributed by atoms with Gasteiger partial charge < -0.3 is 35.6 Å². The quantitative estimate of drug-likeness (QED) is 0.256. The molecule has 21 heavy (non-hydrogen) atoms. The summed E-state index contributed by atoms with van der Waals surface area (Å²) in [5.41, 5.74) is 0. The summed E-state index contributed by atoms with van der Waals surface area (Å²) in [6.07, 6.45) is -9.26. The Morgan fingerprint density at radius 1 is 1.62 bits per heavy atom. The predicted octanol–water partition coefficient (Wildman–Crippen LogP) is -3.08. The Balaban J connectivity index is 3.01. The summed E-state index contributed by atoms with van der Waals surface area (Å²) in [5, 5.41) is 50.1. The molecule has 10 heteroatoms. The maximum atomic E-state index is 13.9. The third kappa shape index (κ3) is 4.03. The van der Waals surface area contributed by atoms with Crippen molar-refractivity contribution in [2.75, 3.05) is 12.4 Å². The summed E-state index contributed by atoms with van der Waals surface area (Å²) in [5.74, 6) is -3.48. The van der Waals surface area contributed by atoms with Gasteiger partial charge in [0.1, 0.15) is 25.5 Å². The molecule has 0 aromatic rings. The van der Waals surface area contributed by atoms with Crippen LogP contribution in [0, 0.1) is 0 Å². The van der Waals surface area contributed by atoms with E-state index in [9.17, 15) is 29.6 Å². The minimum atomic E-state index is -2.45. The highest BCUT2D eigenvalue weighted by Gasteiger charge is 2.54. The van der Waals surface area contributed by atoms with Gasteiger partial charge in [-0.05, 0) is 6.92 Å². The van der Waals surface area contributed by atoms with E-state index in [0.29, 0.717) is 12.5 Å². The summed E-state index contributed by atoms with van der Waals surface area (Å²) < 4.78 is 25.8. The largest absolute Gasteiger partial charge is 0.394 e. The van der Waals surface area contributed by atoms with Crippen molar-refractivity contribution in [3.05, 3.63) is 0 Å². The number of ether oxygens (including phenoxy) is 1. The molecule has 124 valence electrons. The molecule has 0 aromatic heterocycles. The van der Waals surface area contributed by atoms with Crippen LogP contribution in [0.4, 0.5) is 4.39 Å². The van der Waals surface area contributed by atoms with Crippen molar-refractivity contribution in [1.82, 2.24) is 5.32 Å². The van der Waals surface area contributed by atoms with Gasteiger partial charge in [-0.15, -0.1) is 0 Å². The van der Waals surface area contributed by atoms with Crippen LogP contribution in [0.5, 0.6) is 0 Å². The van der Waals surface area contributed by atoms with Crippen molar-refractivity contribution in [2.24, 2.45) is 0 Å². The Kier molecular flexibility index (Phi) is 5.77. The standard InChI is InChI=1S/C11H20FNO7S/c1-11(19)10(12)8(18)6(13-5(16)3-21)9(20-11)7(17)4(15)2-14/h4,6-10,14-15,17-19,21H,2-3H2,1H3,(H,13,16)/t4-,6-,7-,8-,9-,10-,11?/m1/s1/i/hT. The van der Waals surface area contributed by atoms with Crippen LogP contribution in [0.15, 0.2) is 0 Å². The highest BCUT2D eigenvalue weighted by molar-refractivity contribution is 7.81. The van der Waals surface area contributed by atoms with Crippen molar-refractivity contribution >= 4 is 18.4 Å². The van der Waals surface area contributed by atoms with E-state index >= 15 is 0 Å². The lowest BCUT2D eigenvalue weighted by Crippen LogP contribution is -2.70. The molecule has 0 aliphatic carbocycles. The number of hydrogen-bond acceptors (Lipinski definition) is 8. The fourth-order valence-corrected chi connectivity index (χ4v) is 2.19. The number of amides is 1. The lowest BCUT2D eigenvalue weighted by Gasteiger charge is -2.47. The van der Waals surface area contributed by atoms with Gasteiger partial charge in [0.05, 0.1) is 18.4 Å². The topological polar surface area (TPSA) is 139 Å². The summed E-state index contributed by atoms with van der Waals surface area (Å²) in [6, 6.07) is -1.48. The fourth-order valence-electron chi connectivity index (χ4n) is 2.11. The Hall–Kier alpha value is -0.490. The second-order valence-corrected chi connectivity index (χ2v) is 5.30. The Morgan fingerprint density at radius 2 is 2.24 bits per heavy atom. The van der Waals surface area contributed by atoms with E-state index in [2.05, 4.69) is 5.32 Å². The molecule has 1 heterocycles. The first-order valence-electron chi connectivity index (χ1n) is 6.63. The minimum Gasteiger partial charge on any atom is -0.394 e. The number of hydrogen-bond donors (Lipinski definition) is 7. The van der Waals surface area contributed by atoms with Crippen LogP contribution in [0.3, 0.4) is 0 Å². The van der Waals surface area contributed by atoms with Gasteiger partial charge in [0, 0.05) is 0 Å². The molecule has 6 N–H and O–H groups in total. The first-order valence-corrected chi connectivity index (χ1v) is 6.80. The monoisotopic (exact) mass is 331 g/mol. The molecule has 1 amide bonds. The van der Waals surface area contributed by atoms with E-state index < -0.39 is 54.9 Å². The molecular formula is C11H20FNO7S. The highest BCUT2D eigenvalue weighted by atomic mass is 32.1. The molecule has 1 fully saturated rings. The average Bonchev–Trinajstić information content (AvgIpc) is 2.46. The van der Waals surface area contributed by atoms with Gasteiger partial charge in [0.15, 0.2) is 12.0 Å². The zero-order chi connectivity index (χ0) is 17.1. The number of rotatable bonds is 6. The van der Waals surface area contributed by atoms with E-state index in [4.69, 9.17) is 11.0 Å². The maximum absolute atomic E-state index is 13.9.